The molecule has 0 atom stereocenters. The Bertz CT molecular complexity index is 606. The molecular formula is C19H27N3O4. The number of piperidine rings is 1. The highest BCUT2D eigenvalue weighted by Gasteiger charge is 2.26. The number of methoxy groups -OCH3 is 1. The van der Waals surface area contributed by atoms with E-state index in [9.17, 15) is 9.59 Å². The highest BCUT2D eigenvalue weighted by Crippen LogP contribution is 2.20. The standard InChI is InChI=1S/C19H27N3O4/c1-25-19(24)15-6-8-21(9-7-15)14-18(23)20-16-2-4-17(5-3-16)22-10-12-26-13-11-22/h2-5,15H,6-14H2,1H3,(H,20,23). The van der Waals surface area contributed by atoms with Crippen LogP contribution >= 0.6 is 0 Å². The third-order valence-electron chi connectivity index (χ3n) is 5.02. The lowest BCUT2D eigenvalue weighted by Crippen LogP contribution is -2.41. The van der Waals surface area contributed by atoms with Crippen LogP contribution in [0.4, 0.5) is 11.4 Å². The maximum absolute atomic E-state index is 12.3. The molecule has 0 saturated carbocycles. The van der Waals surface area contributed by atoms with Crippen LogP contribution in [0.15, 0.2) is 24.3 Å². The molecule has 0 spiro atoms. The van der Waals surface area contributed by atoms with Gasteiger partial charge in [0.15, 0.2) is 0 Å². The molecule has 7 nitrogen and oxygen atoms in total. The first kappa shape index (κ1) is 18.7. The van der Waals surface area contributed by atoms with Crippen LogP contribution in [0.3, 0.4) is 0 Å². The first-order valence-corrected chi connectivity index (χ1v) is 9.18. The molecule has 7 heteroatoms. The molecule has 142 valence electrons. The van der Waals surface area contributed by atoms with Crippen molar-refractivity contribution in [2.45, 2.75) is 12.8 Å². The summed E-state index contributed by atoms with van der Waals surface area (Å²) in [4.78, 5) is 28.2. The summed E-state index contributed by atoms with van der Waals surface area (Å²) in [7, 11) is 1.42. The SMILES string of the molecule is COC(=O)C1CCN(CC(=O)Nc2ccc(N3CCOCC3)cc2)CC1. The zero-order chi connectivity index (χ0) is 18.4. The number of nitrogens with one attached hydrogen (secondary N) is 1. The molecule has 2 saturated heterocycles. The normalized spacial score (nSPS) is 19.2. The van der Waals surface area contributed by atoms with Crippen molar-refractivity contribution in [1.29, 1.82) is 0 Å². The summed E-state index contributed by atoms with van der Waals surface area (Å²) in [6.45, 7) is 5.13. The Morgan fingerprint density at radius 1 is 1.12 bits per heavy atom. The van der Waals surface area contributed by atoms with Crippen LogP contribution in [0.5, 0.6) is 0 Å². The van der Waals surface area contributed by atoms with Crippen molar-refractivity contribution >= 4 is 23.3 Å². The van der Waals surface area contributed by atoms with Gasteiger partial charge >= 0.3 is 5.97 Å². The van der Waals surface area contributed by atoms with Gasteiger partial charge in [0.1, 0.15) is 0 Å². The third kappa shape index (κ3) is 4.95. The van der Waals surface area contributed by atoms with Crippen LogP contribution in [0.2, 0.25) is 0 Å². The molecule has 3 rings (SSSR count). The molecule has 0 radical (unpaired) electrons. The molecule has 2 fully saturated rings. The summed E-state index contributed by atoms with van der Waals surface area (Å²) in [5.74, 6) is -0.206. The average Bonchev–Trinajstić information content (AvgIpc) is 2.69. The lowest BCUT2D eigenvalue weighted by molar-refractivity contribution is -0.147. The Kier molecular flexibility index (Phi) is 6.46. The van der Waals surface area contributed by atoms with E-state index in [1.807, 2.05) is 24.3 Å². The fraction of sp³-hybridized carbons (Fsp3) is 0.579. The molecule has 1 amide bonds. The van der Waals surface area contributed by atoms with E-state index < -0.39 is 0 Å². The van der Waals surface area contributed by atoms with E-state index >= 15 is 0 Å². The zero-order valence-corrected chi connectivity index (χ0v) is 15.3. The first-order valence-electron chi connectivity index (χ1n) is 9.18. The van der Waals surface area contributed by atoms with Gasteiger partial charge in [-0.1, -0.05) is 0 Å². The predicted molar refractivity (Wildman–Crippen MR) is 99.3 cm³/mol. The van der Waals surface area contributed by atoms with Crippen molar-refractivity contribution in [2.24, 2.45) is 5.92 Å². The second-order valence-electron chi connectivity index (χ2n) is 6.77. The van der Waals surface area contributed by atoms with Gasteiger partial charge in [-0.2, -0.15) is 0 Å². The topological polar surface area (TPSA) is 71.1 Å². The number of hydrogen-bond acceptors (Lipinski definition) is 6. The monoisotopic (exact) mass is 361 g/mol. The third-order valence-corrected chi connectivity index (χ3v) is 5.02. The lowest BCUT2D eigenvalue weighted by Gasteiger charge is -2.30. The fourth-order valence-corrected chi connectivity index (χ4v) is 3.47. The highest BCUT2D eigenvalue weighted by molar-refractivity contribution is 5.92. The van der Waals surface area contributed by atoms with Crippen LogP contribution < -0.4 is 10.2 Å². The molecule has 1 aromatic carbocycles. The zero-order valence-electron chi connectivity index (χ0n) is 15.3. The summed E-state index contributed by atoms with van der Waals surface area (Å²) in [6, 6.07) is 7.93. The van der Waals surface area contributed by atoms with Gasteiger partial charge < -0.3 is 19.7 Å². The molecule has 1 N–H and O–H groups in total. The minimum atomic E-state index is -0.144. The first-order chi connectivity index (χ1) is 12.7. The van der Waals surface area contributed by atoms with E-state index in [0.717, 1.165) is 63.6 Å². The van der Waals surface area contributed by atoms with Gasteiger partial charge in [0.25, 0.3) is 0 Å². The second kappa shape index (κ2) is 9.00. The van der Waals surface area contributed by atoms with E-state index in [1.165, 1.54) is 7.11 Å². The number of carbonyl (C=O) groups is 2. The number of likely N-dealkylation sites (tertiary alicyclic amines) is 1. The number of anilines is 2. The van der Waals surface area contributed by atoms with Gasteiger partial charge in [-0.15, -0.1) is 0 Å². The van der Waals surface area contributed by atoms with Gasteiger partial charge in [-0.25, -0.2) is 0 Å². The molecule has 0 aliphatic carbocycles. The Hall–Kier alpha value is -2.12. The molecule has 2 heterocycles. The molecule has 0 unspecified atom stereocenters. The Balaban J connectivity index is 1.44. The fourth-order valence-electron chi connectivity index (χ4n) is 3.47. The lowest BCUT2D eigenvalue weighted by atomic mass is 9.97. The second-order valence-corrected chi connectivity index (χ2v) is 6.77. The number of hydrogen-bond donors (Lipinski definition) is 1. The van der Waals surface area contributed by atoms with E-state index in [0.29, 0.717) is 6.54 Å². The van der Waals surface area contributed by atoms with Crippen molar-refractivity contribution in [2.75, 3.05) is 63.3 Å². The number of carbonyl (C=O) groups excluding carboxylic acids is 2. The van der Waals surface area contributed by atoms with Gasteiger partial charge in [0, 0.05) is 24.5 Å². The number of ether oxygens (including phenoxy) is 2. The number of rotatable bonds is 5. The summed E-state index contributed by atoms with van der Waals surface area (Å²) >= 11 is 0. The minimum Gasteiger partial charge on any atom is -0.469 e. The molecule has 1 aromatic rings. The summed E-state index contributed by atoms with van der Waals surface area (Å²) in [5.41, 5.74) is 1.95. The average molecular weight is 361 g/mol. The molecular weight excluding hydrogens is 334 g/mol. The number of benzene rings is 1. The van der Waals surface area contributed by atoms with E-state index in [1.54, 1.807) is 0 Å². The van der Waals surface area contributed by atoms with Crippen LogP contribution in [-0.2, 0) is 19.1 Å². The maximum Gasteiger partial charge on any atom is 0.308 e. The van der Waals surface area contributed by atoms with Crippen molar-refractivity contribution in [3.63, 3.8) is 0 Å². The Morgan fingerprint density at radius 2 is 1.77 bits per heavy atom. The molecule has 0 bridgehead atoms. The van der Waals surface area contributed by atoms with Gasteiger partial charge in [-0.05, 0) is 50.2 Å². The molecule has 2 aliphatic rings. The number of esters is 1. The quantitative estimate of drug-likeness (QED) is 0.799. The summed E-state index contributed by atoms with van der Waals surface area (Å²) < 4.78 is 10.2. The van der Waals surface area contributed by atoms with Crippen molar-refractivity contribution < 1.29 is 19.1 Å². The van der Waals surface area contributed by atoms with Crippen molar-refractivity contribution in [1.82, 2.24) is 4.90 Å². The highest BCUT2D eigenvalue weighted by atomic mass is 16.5. The molecule has 2 aliphatic heterocycles. The van der Waals surface area contributed by atoms with Crippen molar-refractivity contribution in [3.8, 4) is 0 Å². The number of morpholine rings is 1. The van der Waals surface area contributed by atoms with Gasteiger partial charge in [0.05, 0.1) is 32.8 Å². The summed E-state index contributed by atoms with van der Waals surface area (Å²) in [6.07, 6.45) is 1.49. The molecule has 0 aromatic heterocycles. The molecule has 26 heavy (non-hydrogen) atoms. The number of amides is 1. The largest absolute Gasteiger partial charge is 0.469 e. The maximum atomic E-state index is 12.3. The van der Waals surface area contributed by atoms with E-state index in [2.05, 4.69) is 15.1 Å². The smallest absolute Gasteiger partial charge is 0.308 e. The van der Waals surface area contributed by atoms with Crippen LogP contribution in [0.1, 0.15) is 12.8 Å². The van der Waals surface area contributed by atoms with E-state index in [-0.39, 0.29) is 17.8 Å². The minimum absolute atomic E-state index is 0.0272. The van der Waals surface area contributed by atoms with E-state index in [4.69, 9.17) is 9.47 Å². The van der Waals surface area contributed by atoms with Crippen LogP contribution in [0, 0.1) is 5.92 Å². The van der Waals surface area contributed by atoms with Crippen LogP contribution in [0.25, 0.3) is 0 Å². The Labute approximate surface area is 154 Å². The number of nitrogens with zero attached hydrogens (tertiary/aromatic N) is 2. The summed E-state index contributed by atoms with van der Waals surface area (Å²) in [5, 5.41) is 2.95. The predicted octanol–water partition coefficient (Wildman–Crippen LogP) is 1.35. The Morgan fingerprint density at radius 3 is 2.38 bits per heavy atom. The van der Waals surface area contributed by atoms with Gasteiger partial charge in [0.2, 0.25) is 5.91 Å². The van der Waals surface area contributed by atoms with Gasteiger partial charge in [-0.3, -0.25) is 14.5 Å². The van der Waals surface area contributed by atoms with Crippen molar-refractivity contribution in [3.05, 3.63) is 24.3 Å². The van der Waals surface area contributed by atoms with Crippen LogP contribution in [-0.4, -0.2) is 69.8 Å².